The number of nitrogens with zero attached hydrogens (tertiary/aromatic N) is 1. The molecule has 0 saturated carbocycles. The van der Waals surface area contributed by atoms with Crippen molar-refractivity contribution < 1.29 is 0 Å². The molecule has 1 atom stereocenters. The smallest absolute Gasteiger partial charge is 0.0385 e. The lowest BCUT2D eigenvalue weighted by molar-refractivity contribution is 0.600. The SMILES string of the molecule is CCCCCCC/N=C/C(C)CCCCC. The lowest BCUT2D eigenvalue weighted by atomic mass is 10.0. The Hall–Kier alpha value is -0.330. The summed E-state index contributed by atoms with van der Waals surface area (Å²) in [6.07, 6.45) is 14.3. The van der Waals surface area contributed by atoms with Gasteiger partial charge in [-0.2, -0.15) is 0 Å². The summed E-state index contributed by atoms with van der Waals surface area (Å²) in [5.41, 5.74) is 0. The van der Waals surface area contributed by atoms with Crippen LogP contribution in [0.3, 0.4) is 0 Å². The molecule has 0 aromatic carbocycles. The van der Waals surface area contributed by atoms with Gasteiger partial charge in [0.05, 0.1) is 0 Å². The summed E-state index contributed by atoms with van der Waals surface area (Å²) >= 11 is 0. The molecule has 0 amide bonds. The third kappa shape index (κ3) is 11.7. The molecule has 0 N–H and O–H groups in total. The van der Waals surface area contributed by atoms with Crippen LogP contribution in [0, 0.1) is 5.92 Å². The maximum Gasteiger partial charge on any atom is 0.0385 e. The van der Waals surface area contributed by atoms with E-state index in [0.717, 1.165) is 6.54 Å². The van der Waals surface area contributed by atoms with Gasteiger partial charge >= 0.3 is 0 Å². The highest BCUT2D eigenvalue weighted by Gasteiger charge is 1.96. The largest absolute Gasteiger partial charge is 0.297 e. The van der Waals surface area contributed by atoms with Gasteiger partial charge in [-0.05, 0) is 18.8 Å². The van der Waals surface area contributed by atoms with Crippen LogP contribution in [0.2, 0.25) is 0 Å². The summed E-state index contributed by atoms with van der Waals surface area (Å²) in [6.45, 7) is 7.85. The molecule has 0 aromatic heterocycles. The van der Waals surface area contributed by atoms with Crippen molar-refractivity contribution in [3.63, 3.8) is 0 Å². The Morgan fingerprint density at radius 1 is 0.875 bits per heavy atom. The molecule has 0 bridgehead atoms. The zero-order valence-corrected chi connectivity index (χ0v) is 11.7. The van der Waals surface area contributed by atoms with E-state index in [9.17, 15) is 0 Å². The number of hydrogen-bond acceptors (Lipinski definition) is 1. The molecular weight excluding hydrogens is 194 g/mol. The molecule has 96 valence electrons. The Morgan fingerprint density at radius 2 is 1.50 bits per heavy atom. The van der Waals surface area contributed by atoms with Crippen LogP contribution in [0.15, 0.2) is 4.99 Å². The second-order valence-electron chi connectivity index (χ2n) is 4.94. The molecule has 16 heavy (non-hydrogen) atoms. The molecular formula is C15H31N. The van der Waals surface area contributed by atoms with Gasteiger partial charge in [0.15, 0.2) is 0 Å². The van der Waals surface area contributed by atoms with Crippen molar-refractivity contribution in [2.45, 2.75) is 78.6 Å². The summed E-state index contributed by atoms with van der Waals surface area (Å²) in [5.74, 6) is 0.683. The van der Waals surface area contributed by atoms with Crippen molar-refractivity contribution in [2.75, 3.05) is 6.54 Å². The van der Waals surface area contributed by atoms with Gasteiger partial charge in [-0.15, -0.1) is 0 Å². The van der Waals surface area contributed by atoms with Crippen molar-refractivity contribution in [1.29, 1.82) is 0 Å². The predicted octanol–water partition coefficient (Wildman–Crippen LogP) is 5.24. The van der Waals surface area contributed by atoms with Crippen LogP contribution in [0.4, 0.5) is 0 Å². The molecule has 1 unspecified atom stereocenters. The normalized spacial score (nSPS) is 13.4. The summed E-state index contributed by atoms with van der Waals surface area (Å²) in [7, 11) is 0. The van der Waals surface area contributed by atoms with Gasteiger partial charge in [0.25, 0.3) is 0 Å². The molecule has 0 aliphatic heterocycles. The Bertz CT molecular complexity index is 152. The first kappa shape index (κ1) is 15.7. The molecule has 0 aliphatic carbocycles. The third-order valence-corrected chi connectivity index (χ3v) is 3.01. The Balaban J connectivity index is 3.24. The Morgan fingerprint density at radius 3 is 2.19 bits per heavy atom. The topological polar surface area (TPSA) is 12.4 Å². The molecule has 1 heteroatoms. The van der Waals surface area contributed by atoms with E-state index >= 15 is 0 Å². The lowest BCUT2D eigenvalue weighted by Gasteiger charge is -2.04. The van der Waals surface area contributed by atoms with Gasteiger partial charge in [-0.1, -0.05) is 65.7 Å². The summed E-state index contributed by atoms with van der Waals surface area (Å²) < 4.78 is 0. The molecule has 0 heterocycles. The van der Waals surface area contributed by atoms with Crippen molar-refractivity contribution in [1.82, 2.24) is 0 Å². The van der Waals surface area contributed by atoms with Crippen LogP contribution in [0.5, 0.6) is 0 Å². The number of hydrogen-bond donors (Lipinski definition) is 0. The average molecular weight is 225 g/mol. The van der Waals surface area contributed by atoms with Gasteiger partial charge in [-0.25, -0.2) is 0 Å². The van der Waals surface area contributed by atoms with E-state index in [4.69, 9.17) is 0 Å². The highest BCUT2D eigenvalue weighted by atomic mass is 14.7. The van der Waals surface area contributed by atoms with Crippen molar-refractivity contribution in [2.24, 2.45) is 10.9 Å². The van der Waals surface area contributed by atoms with E-state index in [1.165, 1.54) is 57.8 Å². The van der Waals surface area contributed by atoms with Crippen LogP contribution in [0.1, 0.15) is 78.6 Å². The maximum atomic E-state index is 4.52. The predicted molar refractivity (Wildman–Crippen MR) is 75.4 cm³/mol. The first-order valence-corrected chi connectivity index (χ1v) is 7.31. The average Bonchev–Trinajstić information content (AvgIpc) is 2.28. The third-order valence-electron chi connectivity index (χ3n) is 3.01. The Kier molecular flexibility index (Phi) is 12.5. The fourth-order valence-electron chi connectivity index (χ4n) is 1.85. The molecule has 0 saturated heterocycles. The second kappa shape index (κ2) is 12.7. The maximum absolute atomic E-state index is 4.52. The minimum atomic E-state index is 0.683. The zero-order valence-electron chi connectivity index (χ0n) is 11.7. The minimum absolute atomic E-state index is 0.683. The van der Waals surface area contributed by atoms with Gasteiger partial charge < -0.3 is 0 Å². The van der Waals surface area contributed by atoms with Gasteiger partial charge in [-0.3, -0.25) is 4.99 Å². The molecule has 1 nitrogen and oxygen atoms in total. The standard InChI is InChI=1S/C15H31N/c1-4-6-8-9-11-13-16-14-15(3)12-10-7-5-2/h14-15H,4-13H2,1-3H3/b16-14+. The van der Waals surface area contributed by atoms with Crippen LogP contribution in [0.25, 0.3) is 0 Å². The number of aliphatic imine (C=N–C) groups is 1. The van der Waals surface area contributed by atoms with Crippen molar-refractivity contribution >= 4 is 6.21 Å². The minimum Gasteiger partial charge on any atom is -0.297 e. The quantitative estimate of drug-likeness (QED) is 0.336. The molecule has 0 spiro atoms. The molecule has 0 rings (SSSR count). The highest BCUT2D eigenvalue weighted by Crippen LogP contribution is 2.07. The summed E-state index contributed by atoms with van der Waals surface area (Å²) in [6, 6.07) is 0. The summed E-state index contributed by atoms with van der Waals surface area (Å²) in [5, 5.41) is 0. The monoisotopic (exact) mass is 225 g/mol. The second-order valence-corrected chi connectivity index (χ2v) is 4.94. The van der Waals surface area contributed by atoms with E-state index in [0.29, 0.717) is 5.92 Å². The van der Waals surface area contributed by atoms with Crippen molar-refractivity contribution in [3.8, 4) is 0 Å². The fourth-order valence-corrected chi connectivity index (χ4v) is 1.85. The van der Waals surface area contributed by atoms with Crippen LogP contribution >= 0.6 is 0 Å². The molecule has 0 radical (unpaired) electrons. The number of rotatable bonds is 11. The lowest BCUT2D eigenvalue weighted by Crippen LogP contribution is -1.97. The van der Waals surface area contributed by atoms with Gasteiger partial charge in [0.2, 0.25) is 0 Å². The highest BCUT2D eigenvalue weighted by molar-refractivity contribution is 5.59. The van der Waals surface area contributed by atoms with E-state index < -0.39 is 0 Å². The van der Waals surface area contributed by atoms with Crippen LogP contribution in [-0.4, -0.2) is 12.8 Å². The first-order chi connectivity index (χ1) is 7.81. The van der Waals surface area contributed by atoms with E-state index in [1.54, 1.807) is 0 Å². The fraction of sp³-hybridized carbons (Fsp3) is 0.933. The first-order valence-electron chi connectivity index (χ1n) is 7.31. The van der Waals surface area contributed by atoms with Crippen LogP contribution < -0.4 is 0 Å². The van der Waals surface area contributed by atoms with Gasteiger partial charge in [0, 0.05) is 12.8 Å². The number of unbranched alkanes of at least 4 members (excludes halogenated alkanes) is 6. The molecule has 0 fully saturated rings. The van der Waals surface area contributed by atoms with E-state index in [-0.39, 0.29) is 0 Å². The van der Waals surface area contributed by atoms with E-state index in [2.05, 4.69) is 32.0 Å². The van der Waals surface area contributed by atoms with Crippen molar-refractivity contribution in [3.05, 3.63) is 0 Å². The van der Waals surface area contributed by atoms with Gasteiger partial charge in [0.1, 0.15) is 0 Å². The molecule has 0 aromatic rings. The molecule has 0 aliphatic rings. The summed E-state index contributed by atoms with van der Waals surface area (Å²) in [4.78, 5) is 4.52. The van der Waals surface area contributed by atoms with Crippen LogP contribution in [-0.2, 0) is 0 Å². The Labute approximate surface area is 103 Å². The zero-order chi connectivity index (χ0) is 12.1. The van der Waals surface area contributed by atoms with E-state index in [1.807, 2.05) is 0 Å².